The van der Waals surface area contributed by atoms with Crippen molar-refractivity contribution < 1.29 is 14.3 Å². The molecule has 18 heavy (non-hydrogen) atoms. The van der Waals surface area contributed by atoms with Gasteiger partial charge in [0.2, 0.25) is 0 Å². The Balaban J connectivity index is 2.56. The quantitative estimate of drug-likeness (QED) is 0.798. The van der Waals surface area contributed by atoms with Crippen molar-refractivity contribution in [1.82, 2.24) is 5.32 Å². The van der Waals surface area contributed by atoms with Crippen LogP contribution in [0.15, 0.2) is 18.2 Å². The van der Waals surface area contributed by atoms with E-state index in [2.05, 4.69) is 5.32 Å². The van der Waals surface area contributed by atoms with Gasteiger partial charge in [0.05, 0.1) is 12.8 Å². The summed E-state index contributed by atoms with van der Waals surface area (Å²) < 4.78 is 10.4. The molecule has 0 aromatic heterocycles. The Morgan fingerprint density at radius 3 is 2.56 bits per heavy atom. The molecule has 1 aromatic carbocycles. The predicted molar refractivity (Wildman–Crippen MR) is 70.8 cm³/mol. The molecule has 0 saturated heterocycles. The first-order valence-corrected chi connectivity index (χ1v) is 5.69. The molecule has 0 spiro atoms. The molecular weight excluding hydrogens is 232 g/mol. The van der Waals surface area contributed by atoms with Crippen molar-refractivity contribution in [2.45, 2.75) is 26.3 Å². The zero-order valence-electron chi connectivity index (χ0n) is 11.2. The first-order chi connectivity index (χ1) is 8.31. The third kappa shape index (κ3) is 4.53. The maximum Gasteiger partial charge on any atom is 0.258 e. The van der Waals surface area contributed by atoms with Crippen LogP contribution < -0.4 is 20.5 Å². The van der Waals surface area contributed by atoms with Crippen LogP contribution >= 0.6 is 0 Å². The van der Waals surface area contributed by atoms with Crippen LogP contribution in [0.4, 0.5) is 5.69 Å². The number of carbonyl (C=O) groups excluding carboxylic acids is 1. The van der Waals surface area contributed by atoms with Crippen molar-refractivity contribution in [2.75, 3.05) is 19.5 Å². The second kappa shape index (κ2) is 5.62. The van der Waals surface area contributed by atoms with Gasteiger partial charge < -0.3 is 20.5 Å². The highest BCUT2D eigenvalue weighted by molar-refractivity contribution is 5.78. The van der Waals surface area contributed by atoms with Gasteiger partial charge in [-0.1, -0.05) is 0 Å². The Hall–Kier alpha value is -1.91. The van der Waals surface area contributed by atoms with Gasteiger partial charge in [0.1, 0.15) is 11.5 Å². The van der Waals surface area contributed by atoms with Crippen molar-refractivity contribution in [3.63, 3.8) is 0 Å². The zero-order valence-corrected chi connectivity index (χ0v) is 11.2. The zero-order chi connectivity index (χ0) is 13.8. The number of anilines is 1. The lowest BCUT2D eigenvalue weighted by atomic mass is 10.1. The van der Waals surface area contributed by atoms with Gasteiger partial charge in [-0.05, 0) is 32.9 Å². The molecule has 0 saturated carbocycles. The van der Waals surface area contributed by atoms with Crippen LogP contribution in [0.2, 0.25) is 0 Å². The monoisotopic (exact) mass is 252 g/mol. The first kappa shape index (κ1) is 14.2. The minimum absolute atomic E-state index is 0.0617. The van der Waals surface area contributed by atoms with Crippen molar-refractivity contribution in [3.8, 4) is 11.5 Å². The van der Waals surface area contributed by atoms with Gasteiger partial charge in [-0.2, -0.15) is 0 Å². The van der Waals surface area contributed by atoms with Gasteiger partial charge in [0.25, 0.3) is 5.91 Å². The van der Waals surface area contributed by atoms with E-state index in [0.29, 0.717) is 17.2 Å². The third-order valence-electron chi connectivity index (χ3n) is 2.09. The average Bonchev–Trinajstić information content (AvgIpc) is 2.25. The molecule has 0 fully saturated rings. The number of amides is 1. The van der Waals surface area contributed by atoms with Crippen LogP contribution in [0.3, 0.4) is 0 Å². The Labute approximate surface area is 107 Å². The maximum atomic E-state index is 11.6. The maximum absolute atomic E-state index is 11.6. The smallest absolute Gasteiger partial charge is 0.258 e. The molecule has 0 unspecified atom stereocenters. The van der Waals surface area contributed by atoms with E-state index in [1.165, 1.54) is 0 Å². The predicted octanol–water partition coefficient (Wildman–Crippen LogP) is 1.57. The fraction of sp³-hybridized carbons (Fsp3) is 0.462. The van der Waals surface area contributed by atoms with E-state index in [1.54, 1.807) is 25.3 Å². The summed E-state index contributed by atoms with van der Waals surface area (Å²) in [5.74, 6) is 0.941. The number of nitrogen functional groups attached to an aromatic ring is 1. The van der Waals surface area contributed by atoms with Gasteiger partial charge in [-0.3, -0.25) is 4.79 Å². The summed E-state index contributed by atoms with van der Waals surface area (Å²) in [6, 6.07) is 5.06. The lowest BCUT2D eigenvalue weighted by Gasteiger charge is -2.20. The lowest BCUT2D eigenvalue weighted by molar-refractivity contribution is -0.124. The van der Waals surface area contributed by atoms with E-state index < -0.39 is 0 Å². The molecule has 1 aromatic rings. The Kier molecular flexibility index (Phi) is 4.42. The van der Waals surface area contributed by atoms with Gasteiger partial charge in [-0.15, -0.1) is 0 Å². The van der Waals surface area contributed by atoms with Gasteiger partial charge in [0, 0.05) is 11.6 Å². The number of methoxy groups -OCH3 is 1. The van der Waals surface area contributed by atoms with Crippen molar-refractivity contribution in [3.05, 3.63) is 18.2 Å². The summed E-state index contributed by atoms with van der Waals surface area (Å²) >= 11 is 0. The average molecular weight is 252 g/mol. The minimum Gasteiger partial charge on any atom is -0.497 e. The molecule has 1 rings (SSSR count). The summed E-state index contributed by atoms with van der Waals surface area (Å²) in [6.07, 6.45) is 0. The van der Waals surface area contributed by atoms with Crippen molar-refractivity contribution >= 4 is 11.6 Å². The van der Waals surface area contributed by atoms with Gasteiger partial charge >= 0.3 is 0 Å². The number of ether oxygens (including phenoxy) is 2. The highest BCUT2D eigenvalue weighted by atomic mass is 16.5. The Bertz CT molecular complexity index is 425. The number of carbonyl (C=O) groups is 1. The second-order valence-electron chi connectivity index (χ2n) is 4.99. The lowest BCUT2D eigenvalue weighted by Crippen LogP contribution is -2.43. The number of benzene rings is 1. The van der Waals surface area contributed by atoms with Crippen molar-refractivity contribution in [2.24, 2.45) is 0 Å². The summed E-state index contributed by atoms with van der Waals surface area (Å²) in [5.41, 5.74) is 5.94. The second-order valence-corrected chi connectivity index (χ2v) is 4.99. The highest BCUT2D eigenvalue weighted by Crippen LogP contribution is 2.26. The third-order valence-corrected chi connectivity index (χ3v) is 2.09. The standard InChI is InChI=1S/C13H20N2O3/c1-13(2,3)15-12(16)8-18-11-6-5-9(17-4)7-10(11)14/h5-7H,8,14H2,1-4H3,(H,15,16). The number of rotatable bonds is 4. The van der Waals surface area contributed by atoms with E-state index in [9.17, 15) is 4.79 Å². The van der Waals surface area contributed by atoms with Crippen LogP contribution in [0.5, 0.6) is 11.5 Å². The molecule has 100 valence electrons. The van der Waals surface area contributed by atoms with Crippen molar-refractivity contribution in [1.29, 1.82) is 0 Å². The Morgan fingerprint density at radius 2 is 2.06 bits per heavy atom. The van der Waals surface area contributed by atoms with E-state index in [-0.39, 0.29) is 18.1 Å². The topological polar surface area (TPSA) is 73.6 Å². The molecule has 0 bridgehead atoms. The Morgan fingerprint density at radius 1 is 1.39 bits per heavy atom. The molecule has 0 atom stereocenters. The molecule has 5 heteroatoms. The molecule has 0 aliphatic rings. The van der Waals surface area contributed by atoms with Crippen LogP contribution in [0, 0.1) is 0 Å². The highest BCUT2D eigenvalue weighted by Gasteiger charge is 2.14. The summed E-state index contributed by atoms with van der Waals surface area (Å²) in [7, 11) is 1.56. The van der Waals surface area contributed by atoms with E-state index in [0.717, 1.165) is 0 Å². The van der Waals surface area contributed by atoms with Crippen LogP contribution in [0.1, 0.15) is 20.8 Å². The number of nitrogens with one attached hydrogen (secondary N) is 1. The minimum atomic E-state index is -0.272. The fourth-order valence-electron chi connectivity index (χ4n) is 1.38. The van der Waals surface area contributed by atoms with Crippen LogP contribution in [0.25, 0.3) is 0 Å². The number of hydrogen-bond acceptors (Lipinski definition) is 4. The van der Waals surface area contributed by atoms with Gasteiger partial charge in [-0.25, -0.2) is 0 Å². The molecule has 1 amide bonds. The molecule has 0 heterocycles. The van der Waals surface area contributed by atoms with E-state index in [4.69, 9.17) is 15.2 Å². The van der Waals surface area contributed by atoms with Crippen LogP contribution in [-0.2, 0) is 4.79 Å². The molecule has 0 aliphatic carbocycles. The SMILES string of the molecule is COc1ccc(OCC(=O)NC(C)(C)C)c(N)c1. The summed E-state index contributed by atoms with van der Waals surface area (Å²) in [4.78, 5) is 11.6. The first-order valence-electron chi connectivity index (χ1n) is 5.69. The fourth-order valence-corrected chi connectivity index (χ4v) is 1.38. The van der Waals surface area contributed by atoms with E-state index in [1.807, 2.05) is 20.8 Å². The molecule has 0 aliphatic heterocycles. The van der Waals surface area contributed by atoms with Crippen LogP contribution in [-0.4, -0.2) is 25.2 Å². The van der Waals surface area contributed by atoms with E-state index >= 15 is 0 Å². The molecule has 0 radical (unpaired) electrons. The van der Waals surface area contributed by atoms with Gasteiger partial charge in [0.15, 0.2) is 6.61 Å². The molecule has 5 nitrogen and oxygen atoms in total. The molecule has 3 N–H and O–H groups in total. The largest absolute Gasteiger partial charge is 0.497 e. The summed E-state index contributed by atoms with van der Waals surface area (Å²) in [6.45, 7) is 5.67. The number of nitrogens with two attached hydrogens (primary N) is 1. The normalized spacial score (nSPS) is 10.9. The number of hydrogen-bond donors (Lipinski definition) is 2. The summed E-state index contributed by atoms with van der Waals surface area (Å²) in [5, 5.41) is 2.80. The molecular formula is C13H20N2O3.